The third kappa shape index (κ3) is 4.19. The summed E-state index contributed by atoms with van der Waals surface area (Å²) >= 11 is 0. The molecule has 0 fully saturated rings. The predicted octanol–water partition coefficient (Wildman–Crippen LogP) is 3.07. The van der Waals surface area contributed by atoms with E-state index in [9.17, 15) is 0 Å². The standard InChI is InChI=1S/C19H24N4O/c1-3-20-19(22-13-15-9-11-23(2)14-15)21-10-8-17-12-16-6-4-5-7-18(16)24-17/h4-7,9,11-12,14H,3,8,10,13H2,1-2H3,(H2,20,21,22). The molecule has 0 atom stereocenters. The molecule has 24 heavy (non-hydrogen) atoms. The van der Waals surface area contributed by atoms with Gasteiger partial charge < -0.3 is 19.6 Å². The highest BCUT2D eigenvalue weighted by molar-refractivity contribution is 5.80. The Morgan fingerprint density at radius 1 is 1.21 bits per heavy atom. The molecule has 5 nitrogen and oxygen atoms in total. The average molecular weight is 324 g/mol. The van der Waals surface area contributed by atoms with Crippen LogP contribution in [-0.2, 0) is 20.0 Å². The Balaban J connectivity index is 1.55. The number of fused-ring (bicyclic) bond motifs is 1. The summed E-state index contributed by atoms with van der Waals surface area (Å²) in [4.78, 5) is 4.62. The van der Waals surface area contributed by atoms with E-state index in [0.29, 0.717) is 6.54 Å². The maximum atomic E-state index is 5.84. The van der Waals surface area contributed by atoms with Crippen molar-refractivity contribution in [3.05, 3.63) is 60.1 Å². The molecule has 3 rings (SSSR count). The molecule has 0 bridgehead atoms. The van der Waals surface area contributed by atoms with Gasteiger partial charge >= 0.3 is 0 Å². The smallest absolute Gasteiger partial charge is 0.191 e. The number of nitrogens with one attached hydrogen (secondary N) is 2. The molecule has 0 aliphatic carbocycles. The minimum atomic E-state index is 0.667. The van der Waals surface area contributed by atoms with Gasteiger partial charge in [0.25, 0.3) is 0 Å². The van der Waals surface area contributed by atoms with Crippen LogP contribution in [0.4, 0.5) is 0 Å². The van der Waals surface area contributed by atoms with Gasteiger partial charge in [-0.2, -0.15) is 0 Å². The third-order valence-electron chi connectivity index (χ3n) is 3.80. The first-order valence-corrected chi connectivity index (χ1v) is 8.35. The summed E-state index contributed by atoms with van der Waals surface area (Å²) in [7, 11) is 2.02. The number of aromatic nitrogens is 1. The highest BCUT2D eigenvalue weighted by Crippen LogP contribution is 2.18. The topological polar surface area (TPSA) is 54.5 Å². The number of para-hydroxylation sites is 1. The van der Waals surface area contributed by atoms with E-state index in [0.717, 1.165) is 42.2 Å². The molecule has 0 unspecified atom stereocenters. The van der Waals surface area contributed by atoms with Crippen LogP contribution in [0, 0.1) is 0 Å². The SMILES string of the molecule is CCNC(=NCc1ccn(C)c1)NCCc1cc2ccccc2o1. The van der Waals surface area contributed by atoms with Crippen molar-refractivity contribution in [1.82, 2.24) is 15.2 Å². The number of nitrogens with zero attached hydrogens (tertiary/aromatic N) is 2. The van der Waals surface area contributed by atoms with E-state index in [2.05, 4.69) is 46.9 Å². The molecule has 5 heteroatoms. The van der Waals surface area contributed by atoms with Crippen molar-refractivity contribution in [2.45, 2.75) is 19.9 Å². The molecule has 0 saturated carbocycles. The van der Waals surface area contributed by atoms with Crippen molar-refractivity contribution in [3.63, 3.8) is 0 Å². The number of rotatable bonds is 6. The Hall–Kier alpha value is -2.69. The predicted molar refractivity (Wildman–Crippen MR) is 98.1 cm³/mol. The molecule has 2 aromatic heterocycles. The Kier molecular flexibility index (Phi) is 5.21. The van der Waals surface area contributed by atoms with E-state index >= 15 is 0 Å². The highest BCUT2D eigenvalue weighted by Gasteiger charge is 2.04. The molecule has 0 amide bonds. The molecule has 0 spiro atoms. The zero-order chi connectivity index (χ0) is 16.8. The molecular formula is C19H24N4O. The lowest BCUT2D eigenvalue weighted by Gasteiger charge is -2.10. The van der Waals surface area contributed by atoms with Gasteiger partial charge in [0.15, 0.2) is 5.96 Å². The minimum absolute atomic E-state index is 0.667. The van der Waals surface area contributed by atoms with Crippen molar-refractivity contribution in [3.8, 4) is 0 Å². The first kappa shape index (κ1) is 16.2. The van der Waals surface area contributed by atoms with E-state index in [1.54, 1.807) is 0 Å². The summed E-state index contributed by atoms with van der Waals surface area (Å²) in [6.07, 6.45) is 4.94. The Morgan fingerprint density at radius 2 is 2.08 bits per heavy atom. The summed E-state index contributed by atoms with van der Waals surface area (Å²) in [5.74, 6) is 1.82. The maximum absolute atomic E-state index is 5.84. The molecule has 2 heterocycles. The molecule has 0 aliphatic rings. The molecule has 126 valence electrons. The fourth-order valence-electron chi connectivity index (χ4n) is 2.63. The van der Waals surface area contributed by atoms with E-state index in [-0.39, 0.29) is 0 Å². The summed E-state index contributed by atoms with van der Waals surface area (Å²) in [5.41, 5.74) is 2.14. The quantitative estimate of drug-likeness (QED) is 0.541. The van der Waals surface area contributed by atoms with Gasteiger partial charge in [0, 0.05) is 44.3 Å². The zero-order valence-corrected chi connectivity index (χ0v) is 14.2. The fraction of sp³-hybridized carbons (Fsp3) is 0.316. The minimum Gasteiger partial charge on any atom is -0.461 e. The van der Waals surface area contributed by atoms with Gasteiger partial charge in [0.2, 0.25) is 0 Å². The van der Waals surface area contributed by atoms with Crippen LogP contribution >= 0.6 is 0 Å². The first-order valence-electron chi connectivity index (χ1n) is 8.35. The van der Waals surface area contributed by atoms with Crippen LogP contribution in [-0.4, -0.2) is 23.6 Å². The van der Waals surface area contributed by atoms with Gasteiger partial charge in [-0.3, -0.25) is 0 Å². The van der Waals surface area contributed by atoms with Crippen LogP contribution in [0.15, 0.2) is 58.2 Å². The largest absolute Gasteiger partial charge is 0.461 e. The van der Waals surface area contributed by atoms with Crippen LogP contribution in [0.1, 0.15) is 18.2 Å². The zero-order valence-electron chi connectivity index (χ0n) is 14.2. The van der Waals surface area contributed by atoms with Crippen molar-refractivity contribution in [2.75, 3.05) is 13.1 Å². The molecule has 0 saturated heterocycles. The highest BCUT2D eigenvalue weighted by atomic mass is 16.3. The van der Waals surface area contributed by atoms with Crippen LogP contribution in [0.2, 0.25) is 0 Å². The summed E-state index contributed by atoms with van der Waals surface area (Å²) in [6.45, 7) is 4.35. The van der Waals surface area contributed by atoms with Crippen LogP contribution in [0.3, 0.4) is 0 Å². The Morgan fingerprint density at radius 3 is 2.83 bits per heavy atom. The Bertz CT molecular complexity index is 783. The number of aliphatic imine (C=N–C) groups is 1. The second kappa shape index (κ2) is 7.73. The second-order valence-electron chi connectivity index (χ2n) is 5.81. The van der Waals surface area contributed by atoms with E-state index in [1.807, 2.05) is 36.0 Å². The molecule has 1 aromatic carbocycles. The van der Waals surface area contributed by atoms with E-state index in [1.165, 1.54) is 5.56 Å². The molecule has 2 N–H and O–H groups in total. The number of guanidine groups is 1. The third-order valence-corrected chi connectivity index (χ3v) is 3.80. The van der Waals surface area contributed by atoms with Crippen molar-refractivity contribution in [2.24, 2.45) is 12.0 Å². The van der Waals surface area contributed by atoms with Gasteiger partial charge in [0.05, 0.1) is 6.54 Å². The van der Waals surface area contributed by atoms with Gasteiger partial charge in [-0.1, -0.05) is 18.2 Å². The van der Waals surface area contributed by atoms with Gasteiger partial charge in [-0.05, 0) is 30.7 Å². The van der Waals surface area contributed by atoms with Crippen LogP contribution < -0.4 is 10.6 Å². The second-order valence-corrected chi connectivity index (χ2v) is 5.81. The molecule has 3 aromatic rings. The maximum Gasteiger partial charge on any atom is 0.191 e. The number of hydrogen-bond donors (Lipinski definition) is 2. The number of furan rings is 1. The number of benzene rings is 1. The summed E-state index contributed by atoms with van der Waals surface area (Å²) in [5, 5.41) is 7.79. The monoisotopic (exact) mass is 324 g/mol. The molecule has 0 radical (unpaired) electrons. The van der Waals surface area contributed by atoms with Crippen molar-refractivity contribution < 1.29 is 4.42 Å². The number of hydrogen-bond acceptors (Lipinski definition) is 2. The van der Waals surface area contributed by atoms with E-state index < -0.39 is 0 Å². The van der Waals surface area contributed by atoms with Crippen molar-refractivity contribution in [1.29, 1.82) is 0 Å². The lowest BCUT2D eigenvalue weighted by molar-refractivity contribution is 0.544. The van der Waals surface area contributed by atoms with Gasteiger partial charge in [-0.15, -0.1) is 0 Å². The van der Waals surface area contributed by atoms with E-state index in [4.69, 9.17) is 4.42 Å². The lowest BCUT2D eigenvalue weighted by atomic mass is 10.2. The lowest BCUT2D eigenvalue weighted by Crippen LogP contribution is -2.38. The van der Waals surface area contributed by atoms with Crippen LogP contribution in [0.5, 0.6) is 0 Å². The molecular weight excluding hydrogens is 300 g/mol. The first-order chi connectivity index (χ1) is 11.7. The van der Waals surface area contributed by atoms with Gasteiger partial charge in [0.1, 0.15) is 11.3 Å². The summed E-state index contributed by atoms with van der Waals surface area (Å²) < 4.78 is 7.87. The van der Waals surface area contributed by atoms with Crippen LogP contribution in [0.25, 0.3) is 11.0 Å². The van der Waals surface area contributed by atoms with Gasteiger partial charge in [-0.25, -0.2) is 4.99 Å². The Labute approximate surface area is 142 Å². The molecule has 0 aliphatic heterocycles. The summed E-state index contributed by atoms with van der Waals surface area (Å²) in [6, 6.07) is 12.3. The average Bonchev–Trinajstić information content (AvgIpc) is 3.18. The normalized spacial score (nSPS) is 11.8. The van der Waals surface area contributed by atoms with Crippen molar-refractivity contribution >= 4 is 16.9 Å². The number of aryl methyl sites for hydroxylation is 1. The fourth-order valence-corrected chi connectivity index (χ4v) is 2.63.